The maximum absolute atomic E-state index is 12.2. The van der Waals surface area contributed by atoms with Gasteiger partial charge in [-0.25, -0.2) is 0 Å². The highest BCUT2D eigenvalue weighted by Crippen LogP contribution is 2.14. The number of hydrogen-bond acceptors (Lipinski definition) is 4. The van der Waals surface area contributed by atoms with E-state index in [2.05, 4.69) is 98.9 Å². The molecule has 0 aromatic carbocycles. The standard InChI is InChI=1S/C46H78O4/c1-3-5-7-9-11-13-15-17-19-20-21-22-23-24-25-26-27-28-30-32-34-36-38-40-42-49-44-45(43-47)50-46(48)41-39-37-35-33-31-29-18-16-14-12-10-8-6-4-2/h5,7,11,13,17,19,21-22,24-25,27-28,32,34,45,47H,3-4,6,8-10,12,14-16,18,20,23,26,29-31,33,35-44H2,1-2H3/b7-5-,13-11-,19-17-,22-21-,25-24-,28-27-,34-32-. The van der Waals surface area contributed by atoms with E-state index < -0.39 is 6.10 Å². The van der Waals surface area contributed by atoms with Crippen LogP contribution in [-0.2, 0) is 14.3 Å². The van der Waals surface area contributed by atoms with E-state index in [-0.39, 0.29) is 19.2 Å². The average Bonchev–Trinajstić information content (AvgIpc) is 3.12. The van der Waals surface area contributed by atoms with Gasteiger partial charge in [0.15, 0.2) is 0 Å². The Balaban J connectivity index is 3.58. The molecule has 1 unspecified atom stereocenters. The Morgan fingerprint density at radius 1 is 0.500 bits per heavy atom. The number of allylic oxidation sites excluding steroid dienone is 14. The number of aliphatic hydroxyl groups excluding tert-OH is 1. The van der Waals surface area contributed by atoms with Crippen molar-refractivity contribution in [1.82, 2.24) is 0 Å². The molecule has 0 spiro atoms. The Labute approximate surface area is 310 Å². The fourth-order valence-corrected chi connectivity index (χ4v) is 5.42. The Morgan fingerprint density at radius 3 is 1.32 bits per heavy atom. The largest absolute Gasteiger partial charge is 0.457 e. The molecule has 0 radical (unpaired) electrons. The van der Waals surface area contributed by atoms with Crippen LogP contribution in [0.5, 0.6) is 0 Å². The lowest BCUT2D eigenvalue weighted by Gasteiger charge is -2.15. The van der Waals surface area contributed by atoms with Gasteiger partial charge in [0.25, 0.3) is 0 Å². The summed E-state index contributed by atoms with van der Waals surface area (Å²) in [6.07, 6.45) is 59.3. The summed E-state index contributed by atoms with van der Waals surface area (Å²) < 4.78 is 11.1. The molecule has 4 nitrogen and oxygen atoms in total. The molecule has 1 atom stereocenters. The molecule has 0 aliphatic rings. The molecule has 0 saturated heterocycles. The van der Waals surface area contributed by atoms with E-state index in [0.717, 1.165) is 77.0 Å². The fraction of sp³-hybridized carbons (Fsp3) is 0.674. The van der Waals surface area contributed by atoms with Crippen molar-refractivity contribution in [3.8, 4) is 0 Å². The van der Waals surface area contributed by atoms with Gasteiger partial charge in [-0.1, -0.05) is 182 Å². The van der Waals surface area contributed by atoms with Crippen molar-refractivity contribution in [2.45, 2.75) is 180 Å². The first-order valence-electron chi connectivity index (χ1n) is 20.7. The fourth-order valence-electron chi connectivity index (χ4n) is 5.42. The monoisotopic (exact) mass is 695 g/mol. The molecule has 50 heavy (non-hydrogen) atoms. The van der Waals surface area contributed by atoms with Crippen molar-refractivity contribution in [3.05, 3.63) is 85.1 Å². The van der Waals surface area contributed by atoms with Crippen molar-refractivity contribution >= 4 is 5.97 Å². The van der Waals surface area contributed by atoms with E-state index in [1.165, 1.54) is 77.0 Å². The summed E-state index contributed by atoms with van der Waals surface area (Å²) in [5.41, 5.74) is 0. The van der Waals surface area contributed by atoms with Crippen molar-refractivity contribution in [3.63, 3.8) is 0 Å². The Morgan fingerprint density at radius 2 is 0.900 bits per heavy atom. The minimum Gasteiger partial charge on any atom is -0.457 e. The van der Waals surface area contributed by atoms with E-state index in [9.17, 15) is 9.90 Å². The quantitative estimate of drug-likeness (QED) is 0.0399. The van der Waals surface area contributed by atoms with E-state index in [0.29, 0.717) is 13.0 Å². The van der Waals surface area contributed by atoms with Crippen molar-refractivity contribution in [2.75, 3.05) is 19.8 Å². The van der Waals surface area contributed by atoms with Crippen LogP contribution < -0.4 is 0 Å². The minimum atomic E-state index is -0.560. The van der Waals surface area contributed by atoms with Crippen LogP contribution in [0.25, 0.3) is 0 Å². The summed E-state index contributed by atoms with van der Waals surface area (Å²) in [6, 6.07) is 0. The molecule has 0 aromatic heterocycles. The third kappa shape index (κ3) is 40.0. The lowest BCUT2D eigenvalue weighted by atomic mass is 10.0. The molecule has 286 valence electrons. The molecule has 0 heterocycles. The summed E-state index contributed by atoms with van der Waals surface area (Å²) >= 11 is 0. The number of aliphatic hydroxyl groups is 1. The van der Waals surface area contributed by atoms with Crippen LogP contribution in [0.3, 0.4) is 0 Å². The predicted molar refractivity (Wildman–Crippen MR) is 219 cm³/mol. The zero-order valence-corrected chi connectivity index (χ0v) is 32.6. The van der Waals surface area contributed by atoms with Crippen molar-refractivity contribution in [1.29, 1.82) is 0 Å². The van der Waals surface area contributed by atoms with Gasteiger partial charge in [-0.05, 0) is 70.6 Å². The minimum absolute atomic E-state index is 0.193. The van der Waals surface area contributed by atoms with Gasteiger partial charge in [0.2, 0.25) is 0 Å². The summed E-state index contributed by atoms with van der Waals surface area (Å²) in [4.78, 5) is 12.2. The number of rotatable bonds is 37. The number of hydrogen-bond donors (Lipinski definition) is 1. The second kappa shape index (κ2) is 42.7. The van der Waals surface area contributed by atoms with Gasteiger partial charge in [0, 0.05) is 13.0 Å². The second-order valence-corrected chi connectivity index (χ2v) is 13.3. The highest BCUT2D eigenvalue weighted by Gasteiger charge is 2.13. The van der Waals surface area contributed by atoms with Crippen LogP contribution in [0.15, 0.2) is 85.1 Å². The van der Waals surface area contributed by atoms with Gasteiger partial charge in [0.1, 0.15) is 6.10 Å². The molecule has 0 aliphatic heterocycles. The number of carbonyl (C=O) groups is 1. The summed E-state index contributed by atoms with van der Waals surface area (Å²) in [7, 11) is 0. The number of unbranched alkanes of at least 4 members (excludes halogenated alkanes) is 15. The van der Waals surface area contributed by atoms with Crippen LogP contribution in [0.2, 0.25) is 0 Å². The van der Waals surface area contributed by atoms with Crippen LogP contribution in [0.4, 0.5) is 0 Å². The third-order valence-corrected chi connectivity index (χ3v) is 8.48. The SMILES string of the molecule is CC/C=C\C/C=C\C/C=C\C/C=C\C/C=C\C/C=C\C/C=C\CCCCOCC(CO)OC(=O)CCCCCCCCCCCCCCCC. The first kappa shape index (κ1) is 47.6. The average molecular weight is 695 g/mol. The van der Waals surface area contributed by atoms with E-state index in [4.69, 9.17) is 9.47 Å². The number of carbonyl (C=O) groups excluding carboxylic acids is 1. The van der Waals surface area contributed by atoms with Crippen LogP contribution in [0.1, 0.15) is 174 Å². The lowest BCUT2D eigenvalue weighted by molar-refractivity contribution is -0.154. The molecule has 0 aliphatic carbocycles. The molecule has 0 fully saturated rings. The van der Waals surface area contributed by atoms with Gasteiger partial charge in [-0.15, -0.1) is 0 Å². The molecule has 0 amide bonds. The number of esters is 1. The third-order valence-electron chi connectivity index (χ3n) is 8.48. The van der Waals surface area contributed by atoms with Crippen LogP contribution >= 0.6 is 0 Å². The first-order chi connectivity index (χ1) is 24.7. The summed E-state index contributed by atoms with van der Waals surface area (Å²) in [5.74, 6) is -0.219. The van der Waals surface area contributed by atoms with Gasteiger partial charge in [0.05, 0.1) is 13.2 Å². The highest BCUT2D eigenvalue weighted by molar-refractivity contribution is 5.69. The molecular formula is C46H78O4. The first-order valence-corrected chi connectivity index (χ1v) is 20.7. The normalized spacial score (nSPS) is 13.3. The zero-order valence-electron chi connectivity index (χ0n) is 32.6. The highest BCUT2D eigenvalue weighted by atomic mass is 16.6. The molecular weight excluding hydrogens is 617 g/mol. The molecule has 4 heteroatoms. The zero-order chi connectivity index (χ0) is 36.3. The maximum Gasteiger partial charge on any atom is 0.306 e. The molecule has 0 rings (SSSR count). The predicted octanol–water partition coefficient (Wildman–Crippen LogP) is 13.6. The van der Waals surface area contributed by atoms with E-state index in [1.54, 1.807) is 0 Å². The lowest BCUT2D eigenvalue weighted by Crippen LogP contribution is -2.27. The molecule has 0 aromatic rings. The Bertz CT molecular complexity index is 907. The molecule has 1 N–H and O–H groups in total. The second-order valence-electron chi connectivity index (χ2n) is 13.3. The molecule has 0 saturated carbocycles. The summed E-state index contributed by atoms with van der Waals surface area (Å²) in [6.45, 7) is 5.12. The number of ether oxygens (including phenoxy) is 2. The summed E-state index contributed by atoms with van der Waals surface area (Å²) in [5, 5.41) is 9.58. The van der Waals surface area contributed by atoms with E-state index >= 15 is 0 Å². The van der Waals surface area contributed by atoms with Crippen molar-refractivity contribution < 1.29 is 19.4 Å². The molecule has 0 bridgehead atoms. The van der Waals surface area contributed by atoms with Crippen LogP contribution in [-0.4, -0.2) is 37.0 Å². The van der Waals surface area contributed by atoms with Crippen molar-refractivity contribution in [2.24, 2.45) is 0 Å². The topological polar surface area (TPSA) is 55.8 Å². The van der Waals surface area contributed by atoms with Gasteiger partial charge < -0.3 is 14.6 Å². The van der Waals surface area contributed by atoms with E-state index in [1.807, 2.05) is 0 Å². The maximum atomic E-state index is 12.2. The van der Waals surface area contributed by atoms with Gasteiger partial charge in [-0.3, -0.25) is 4.79 Å². The smallest absolute Gasteiger partial charge is 0.306 e. The van der Waals surface area contributed by atoms with Gasteiger partial charge >= 0.3 is 5.97 Å². The van der Waals surface area contributed by atoms with Gasteiger partial charge in [-0.2, -0.15) is 0 Å². The Hall–Kier alpha value is -2.43. The van der Waals surface area contributed by atoms with Crippen LogP contribution in [0, 0.1) is 0 Å². The Kier molecular flexibility index (Phi) is 40.7.